The minimum Gasteiger partial charge on any atom is -0.389 e. The first kappa shape index (κ1) is 15.1. The van der Waals surface area contributed by atoms with E-state index in [2.05, 4.69) is 24.1 Å². The SMILES string of the molecule is CC(C)NCC(O)COCCCc1ccncc1. The lowest BCUT2D eigenvalue weighted by Gasteiger charge is -2.14. The molecule has 0 radical (unpaired) electrons. The Labute approximate surface area is 109 Å². The number of aliphatic hydroxyl groups excluding tert-OH is 1. The molecule has 102 valence electrons. The molecule has 1 heterocycles. The van der Waals surface area contributed by atoms with E-state index in [9.17, 15) is 5.11 Å². The summed E-state index contributed by atoms with van der Waals surface area (Å²) in [6, 6.07) is 4.43. The molecule has 4 heteroatoms. The normalized spacial score (nSPS) is 12.9. The van der Waals surface area contributed by atoms with Crippen molar-refractivity contribution in [3.8, 4) is 0 Å². The molecule has 18 heavy (non-hydrogen) atoms. The maximum atomic E-state index is 9.62. The molecule has 0 aromatic carbocycles. The molecule has 1 aromatic rings. The Morgan fingerprint density at radius 2 is 2.06 bits per heavy atom. The number of ether oxygens (including phenoxy) is 1. The van der Waals surface area contributed by atoms with Crippen molar-refractivity contribution in [3.05, 3.63) is 30.1 Å². The summed E-state index contributed by atoms with van der Waals surface area (Å²) in [5.74, 6) is 0. The van der Waals surface area contributed by atoms with Crippen molar-refractivity contribution < 1.29 is 9.84 Å². The lowest BCUT2D eigenvalue weighted by molar-refractivity contribution is 0.0353. The van der Waals surface area contributed by atoms with Crippen LogP contribution in [0.15, 0.2) is 24.5 Å². The van der Waals surface area contributed by atoms with E-state index in [-0.39, 0.29) is 0 Å². The maximum Gasteiger partial charge on any atom is 0.0897 e. The van der Waals surface area contributed by atoms with Crippen molar-refractivity contribution in [2.75, 3.05) is 19.8 Å². The average Bonchev–Trinajstić information content (AvgIpc) is 2.37. The predicted octanol–water partition coefficient (Wildman–Crippen LogP) is 1.39. The Balaban J connectivity index is 1.98. The second-order valence-corrected chi connectivity index (χ2v) is 4.75. The number of hydrogen-bond acceptors (Lipinski definition) is 4. The molecule has 0 spiro atoms. The van der Waals surface area contributed by atoms with Gasteiger partial charge in [-0.15, -0.1) is 0 Å². The molecular weight excluding hydrogens is 228 g/mol. The first-order valence-corrected chi connectivity index (χ1v) is 6.56. The lowest BCUT2D eigenvalue weighted by Crippen LogP contribution is -2.34. The molecule has 4 nitrogen and oxygen atoms in total. The Bertz CT molecular complexity index is 304. The standard InChI is InChI=1S/C14H24N2O2/c1-12(2)16-10-14(17)11-18-9-3-4-13-5-7-15-8-6-13/h5-8,12,14,16-17H,3-4,9-11H2,1-2H3. The van der Waals surface area contributed by atoms with E-state index in [0.717, 1.165) is 12.8 Å². The van der Waals surface area contributed by atoms with Crippen LogP contribution in [0, 0.1) is 0 Å². The number of nitrogens with zero attached hydrogens (tertiary/aromatic N) is 1. The number of rotatable bonds is 9. The van der Waals surface area contributed by atoms with Crippen LogP contribution >= 0.6 is 0 Å². The summed E-state index contributed by atoms with van der Waals surface area (Å²) in [4.78, 5) is 3.98. The molecule has 1 aromatic heterocycles. The van der Waals surface area contributed by atoms with Gasteiger partial charge in [0.15, 0.2) is 0 Å². The van der Waals surface area contributed by atoms with Crippen molar-refractivity contribution in [1.82, 2.24) is 10.3 Å². The minimum absolute atomic E-state index is 0.395. The topological polar surface area (TPSA) is 54.4 Å². The Hall–Kier alpha value is -0.970. The average molecular weight is 252 g/mol. The highest BCUT2D eigenvalue weighted by molar-refractivity contribution is 5.09. The minimum atomic E-state index is -0.423. The molecule has 0 bridgehead atoms. The van der Waals surface area contributed by atoms with Gasteiger partial charge in [0, 0.05) is 31.6 Å². The largest absolute Gasteiger partial charge is 0.389 e. The quantitative estimate of drug-likeness (QED) is 0.652. The van der Waals surface area contributed by atoms with Gasteiger partial charge < -0.3 is 15.2 Å². The summed E-state index contributed by atoms with van der Waals surface area (Å²) in [6.07, 6.45) is 5.14. The molecule has 0 aliphatic heterocycles. The zero-order valence-corrected chi connectivity index (χ0v) is 11.3. The van der Waals surface area contributed by atoms with Gasteiger partial charge in [0.25, 0.3) is 0 Å². The van der Waals surface area contributed by atoms with Gasteiger partial charge >= 0.3 is 0 Å². The molecule has 1 atom stereocenters. The van der Waals surface area contributed by atoms with Gasteiger partial charge in [-0.25, -0.2) is 0 Å². The number of aromatic nitrogens is 1. The third kappa shape index (κ3) is 7.37. The van der Waals surface area contributed by atoms with Crippen LogP contribution < -0.4 is 5.32 Å². The summed E-state index contributed by atoms with van der Waals surface area (Å²) in [5, 5.41) is 12.8. The molecule has 0 aliphatic carbocycles. The summed E-state index contributed by atoms with van der Waals surface area (Å²) < 4.78 is 5.44. The van der Waals surface area contributed by atoms with E-state index in [1.54, 1.807) is 12.4 Å². The van der Waals surface area contributed by atoms with E-state index < -0.39 is 6.10 Å². The fourth-order valence-corrected chi connectivity index (χ4v) is 1.58. The highest BCUT2D eigenvalue weighted by atomic mass is 16.5. The van der Waals surface area contributed by atoms with Crippen LogP contribution in [0.2, 0.25) is 0 Å². The van der Waals surface area contributed by atoms with Crippen molar-refractivity contribution in [2.45, 2.75) is 38.8 Å². The second kappa shape index (κ2) is 9.03. The van der Waals surface area contributed by atoms with Gasteiger partial charge in [-0.05, 0) is 30.5 Å². The van der Waals surface area contributed by atoms with Crippen molar-refractivity contribution in [3.63, 3.8) is 0 Å². The van der Waals surface area contributed by atoms with Gasteiger partial charge in [-0.3, -0.25) is 4.98 Å². The second-order valence-electron chi connectivity index (χ2n) is 4.75. The van der Waals surface area contributed by atoms with Crippen LogP contribution in [-0.2, 0) is 11.2 Å². The van der Waals surface area contributed by atoms with Crippen LogP contribution in [0.4, 0.5) is 0 Å². The summed E-state index contributed by atoms with van der Waals surface area (Å²) in [5.41, 5.74) is 1.27. The molecule has 0 amide bonds. The van der Waals surface area contributed by atoms with Gasteiger partial charge in [0.1, 0.15) is 0 Å². The summed E-state index contributed by atoms with van der Waals surface area (Å²) in [7, 11) is 0. The predicted molar refractivity (Wildman–Crippen MR) is 72.5 cm³/mol. The molecule has 1 rings (SSSR count). The van der Waals surface area contributed by atoms with Crippen LogP contribution in [0.1, 0.15) is 25.8 Å². The van der Waals surface area contributed by atoms with Crippen LogP contribution in [0.25, 0.3) is 0 Å². The van der Waals surface area contributed by atoms with E-state index in [4.69, 9.17) is 4.74 Å². The zero-order chi connectivity index (χ0) is 13.2. The van der Waals surface area contributed by atoms with Crippen LogP contribution in [-0.4, -0.2) is 42.0 Å². The number of pyridine rings is 1. The first-order valence-electron chi connectivity index (χ1n) is 6.56. The molecule has 1 unspecified atom stereocenters. The Morgan fingerprint density at radius 1 is 1.33 bits per heavy atom. The molecule has 2 N–H and O–H groups in total. The highest BCUT2D eigenvalue weighted by Gasteiger charge is 2.04. The third-order valence-corrected chi connectivity index (χ3v) is 2.58. The van der Waals surface area contributed by atoms with Crippen molar-refractivity contribution in [2.24, 2.45) is 0 Å². The van der Waals surface area contributed by atoms with Crippen molar-refractivity contribution >= 4 is 0 Å². The van der Waals surface area contributed by atoms with E-state index in [1.807, 2.05) is 12.1 Å². The number of hydrogen-bond donors (Lipinski definition) is 2. The molecule has 0 fully saturated rings. The molecule has 0 saturated heterocycles. The van der Waals surface area contributed by atoms with Gasteiger partial charge in [-0.1, -0.05) is 13.8 Å². The first-order chi connectivity index (χ1) is 8.68. The third-order valence-electron chi connectivity index (χ3n) is 2.58. The van der Waals surface area contributed by atoms with E-state index >= 15 is 0 Å². The van der Waals surface area contributed by atoms with Crippen LogP contribution in [0.5, 0.6) is 0 Å². The van der Waals surface area contributed by atoms with Crippen LogP contribution in [0.3, 0.4) is 0 Å². The van der Waals surface area contributed by atoms with Gasteiger partial charge in [0.05, 0.1) is 12.7 Å². The van der Waals surface area contributed by atoms with Crippen molar-refractivity contribution in [1.29, 1.82) is 0 Å². The Kier molecular flexibility index (Phi) is 7.57. The fourth-order valence-electron chi connectivity index (χ4n) is 1.58. The zero-order valence-electron chi connectivity index (χ0n) is 11.3. The fraction of sp³-hybridized carbons (Fsp3) is 0.643. The smallest absolute Gasteiger partial charge is 0.0897 e. The monoisotopic (exact) mass is 252 g/mol. The van der Waals surface area contributed by atoms with Gasteiger partial charge in [0.2, 0.25) is 0 Å². The van der Waals surface area contributed by atoms with Gasteiger partial charge in [-0.2, -0.15) is 0 Å². The summed E-state index contributed by atoms with van der Waals surface area (Å²) in [6.45, 7) is 5.78. The number of aliphatic hydroxyl groups is 1. The van der Waals surface area contributed by atoms with E-state index in [1.165, 1.54) is 5.56 Å². The maximum absolute atomic E-state index is 9.62. The lowest BCUT2D eigenvalue weighted by atomic mass is 10.1. The highest BCUT2D eigenvalue weighted by Crippen LogP contribution is 2.01. The molecule has 0 aliphatic rings. The van der Waals surface area contributed by atoms with E-state index in [0.29, 0.717) is 25.8 Å². The molecule has 0 saturated carbocycles. The Morgan fingerprint density at radius 3 is 2.72 bits per heavy atom. The number of aryl methyl sites for hydroxylation is 1. The number of nitrogens with one attached hydrogen (secondary N) is 1. The molecular formula is C14H24N2O2. The summed E-state index contributed by atoms with van der Waals surface area (Å²) >= 11 is 0.